The molecule has 0 saturated carbocycles. The fraction of sp³-hybridized carbons (Fsp3) is 0.333. The Balaban J connectivity index is 1.74. The summed E-state index contributed by atoms with van der Waals surface area (Å²) in [6.45, 7) is 4.54. The lowest BCUT2D eigenvalue weighted by Gasteiger charge is -2.07. The van der Waals surface area contributed by atoms with Crippen molar-refractivity contribution in [3.8, 4) is 5.75 Å². The molecular formula is C21H25NO3. The number of benzene rings is 2. The Labute approximate surface area is 149 Å². The third-order valence-corrected chi connectivity index (χ3v) is 4.28. The van der Waals surface area contributed by atoms with Crippen LogP contribution in [0.4, 0.5) is 0 Å². The lowest BCUT2D eigenvalue weighted by molar-refractivity contribution is -0.121. The van der Waals surface area contributed by atoms with Gasteiger partial charge in [-0.25, -0.2) is 0 Å². The minimum absolute atomic E-state index is 0.00560. The van der Waals surface area contributed by atoms with Crippen LogP contribution >= 0.6 is 0 Å². The van der Waals surface area contributed by atoms with Gasteiger partial charge in [0.2, 0.25) is 5.91 Å². The molecule has 132 valence electrons. The Morgan fingerprint density at radius 2 is 1.80 bits per heavy atom. The SMILES string of the molecule is COc1cccc(CCNC(=O)CCC(=O)c2ccc(C)c(C)c2)c1. The summed E-state index contributed by atoms with van der Waals surface area (Å²) in [7, 11) is 1.63. The van der Waals surface area contributed by atoms with Gasteiger partial charge in [-0.15, -0.1) is 0 Å². The van der Waals surface area contributed by atoms with E-state index in [0.29, 0.717) is 12.1 Å². The molecule has 0 atom stereocenters. The van der Waals surface area contributed by atoms with Gasteiger partial charge in [0.15, 0.2) is 5.78 Å². The number of carbonyl (C=O) groups excluding carboxylic acids is 2. The maximum Gasteiger partial charge on any atom is 0.220 e. The molecule has 0 spiro atoms. The summed E-state index contributed by atoms with van der Waals surface area (Å²) in [5.74, 6) is 0.717. The van der Waals surface area contributed by atoms with E-state index >= 15 is 0 Å². The van der Waals surface area contributed by atoms with Crippen LogP contribution in [0.2, 0.25) is 0 Å². The van der Waals surface area contributed by atoms with Gasteiger partial charge in [0.05, 0.1) is 7.11 Å². The highest BCUT2D eigenvalue weighted by molar-refractivity contribution is 5.98. The summed E-state index contributed by atoms with van der Waals surface area (Å²) in [4.78, 5) is 24.1. The van der Waals surface area contributed by atoms with Gasteiger partial charge >= 0.3 is 0 Å². The average molecular weight is 339 g/mol. The highest BCUT2D eigenvalue weighted by Crippen LogP contribution is 2.13. The number of hydrogen-bond acceptors (Lipinski definition) is 3. The number of amides is 1. The van der Waals surface area contributed by atoms with Crippen molar-refractivity contribution in [3.05, 3.63) is 64.7 Å². The van der Waals surface area contributed by atoms with Crippen molar-refractivity contribution in [2.24, 2.45) is 0 Å². The Bertz CT molecular complexity index is 753. The number of ketones is 1. The zero-order chi connectivity index (χ0) is 18.2. The van der Waals surface area contributed by atoms with E-state index in [1.54, 1.807) is 7.11 Å². The first-order valence-corrected chi connectivity index (χ1v) is 8.49. The zero-order valence-corrected chi connectivity index (χ0v) is 15.1. The van der Waals surface area contributed by atoms with E-state index in [1.165, 1.54) is 0 Å². The summed E-state index contributed by atoms with van der Waals surface area (Å²) < 4.78 is 5.18. The minimum Gasteiger partial charge on any atom is -0.497 e. The summed E-state index contributed by atoms with van der Waals surface area (Å²) in [5, 5.41) is 2.86. The van der Waals surface area contributed by atoms with Crippen LogP contribution in [-0.4, -0.2) is 25.3 Å². The molecule has 0 unspecified atom stereocenters. The molecule has 1 N–H and O–H groups in total. The number of nitrogens with one attached hydrogen (secondary N) is 1. The van der Waals surface area contributed by atoms with Gasteiger partial charge in [-0.3, -0.25) is 9.59 Å². The van der Waals surface area contributed by atoms with Gasteiger partial charge in [-0.2, -0.15) is 0 Å². The maximum atomic E-state index is 12.2. The molecule has 0 heterocycles. The maximum absolute atomic E-state index is 12.2. The first kappa shape index (κ1) is 18.7. The van der Waals surface area contributed by atoms with Crippen LogP contribution in [0.1, 0.15) is 39.9 Å². The number of ether oxygens (including phenoxy) is 1. The monoisotopic (exact) mass is 339 g/mol. The normalized spacial score (nSPS) is 10.4. The standard InChI is InChI=1S/C21H25NO3/c1-15-7-8-18(13-16(15)2)20(23)9-10-21(24)22-12-11-17-5-4-6-19(14-17)25-3/h4-8,13-14H,9-12H2,1-3H3,(H,22,24). The molecule has 25 heavy (non-hydrogen) atoms. The molecule has 0 aliphatic heterocycles. The van der Waals surface area contributed by atoms with Crippen LogP contribution in [0, 0.1) is 13.8 Å². The summed E-state index contributed by atoms with van der Waals surface area (Å²) in [6.07, 6.45) is 1.17. The van der Waals surface area contributed by atoms with E-state index in [1.807, 2.05) is 56.3 Å². The van der Waals surface area contributed by atoms with Crippen molar-refractivity contribution in [2.45, 2.75) is 33.1 Å². The fourth-order valence-electron chi connectivity index (χ4n) is 2.55. The summed E-state index contributed by atoms with van der Waals surface area (Å²) in [6, 6.07) is 13.4. The molecule has 2 rings (SSSR count). The summed E-state index contributed by atoms with van der Waals surface area (Å²) >= 11 is 0. The molecule has 0 aromatic heterocycles. The lowest BCUT2D eigenvalue weighted by atomic mass is 10.0. The fourth-order valence-corrected chi connectivity index (χ4v) is 2.55. The predicted molar refractivity (Wildman–Crippen MR) is 99.2 cm³/mol. The van der Waals surface area contributed by atoms with Gasteiger partial charge < -0.3 is 10.1 Å². The number of carbonyl (C=O) groups is 2. The average Bonchev–Trinajstić information content (AvgIpc) is 2.62. The summed E-state index contributed by atoms with van der Waals surface area (Å²) in [5.41, 5.74) is 4.03. The molecule has 0 fully saturated rings. The molecule has 0 radical (unpaired) electrons. The van der Waals surface area contributed by atoms with Gasteiger partial charge in [-0.05, 0) is 55.2 Å². The quantitative estimate of drug-likeness (QED) is 0.747. The molecule has 4 heteroatoms. The van der Waals surface area contributed by atoms with Crippen LogP contribution in [-0.2, 0) is 11.2 Å². The van der Waals surface area contributed by atoms with Crippen LogP contribution in [0.5, 0.6) is 5.75 Å². The molecule has 1 amide bonds. The number of hydrogen-bond donors (Lipinski definition) is 1. The highest BCUT2D eigenvalue weighted by Gasteiger charge is 2.10. The Morgan fingerprint density at radius 3 is 2.52 bits per heavy atom. The Kier molecular flexibility index (Phi) is 6.75. The number of methoxy groups -OCH3 is 1. The van der Waals surface area contributed by atoms with Crippen LogP contribution < -0.4 is 10.1 Å². The van der Waals surface area contributed by atoms with Crippen molar-refractivity contribution in [1.82, 2.24) is 5.32 Å². The smallest absolute Gasteiger partial charge is 0.220 e. The highest BCUT2D eigenvalue weighted by atomic mass is 16.5. The van der Waals surface area contributed by atoms with E-state index in [4.69, 9.17) is 4.74 Å². The van der Waals surface area contributed by atoms with Gasteiger partial charge in [-0.1, -0.05) is 24.3 Å². The van der Waals surface area contributed by atoms with Gasteiger partial charge in [0.1, 0.15) is 5.75 Å². The van der Waals surface area contributed by atoms with Crippen LogP contribution in [0.15, 0.2) is 42.5 Å². The minimum atomic E-state index is -0.0971. The van der Waals surface area contributed by atoms with Crippen LogP contribution in [0.25, 0.3) is 0 Å². The van der Waals surface area contributed by atoms with Crippen molar-refractivity contribution < 1.29 is 14.3 Å². The van der Waals surface area contributed by atoms with Crippen LogP contribution in [0.3, 0.4) is 0 Å². The largest absolute Gasteiger partial charge is 0.497 e. The van der Waals surface area contributed by atoms with Crippen molar-refractivity contribution in [1.29, 1.82) is 0 Å². The van der Waals surface area contributed by atoms with E-state index in [9.17, 15) is 9.59 Å². The molecule has 2 aromatic rings. The second kappa shape index (κ2) is 9.02. The molecule has 2 aromatic carbocycles. The van der Waals surface area contributed by atoms with E-state index < -0.39 is 0 Å². The Hall–Kier alpha value is -2.62. The predicted octanol–water partition coefficient (Wildman–Crippen LogP) is 3.63. The van der Waals surface area contributed by atoms with Crippen molar-refractivity contribution in [2.75, 3.05) is 13.7 Å². The first-order chi connectivity index (χ1) is 12.0. The van der Waals surface area contributed by atoms with E-state index in [0.717, 1.165) is 28.9 Å². The third-order valence-electron chi connectivity index (χ3n) is 4.28. The third kappa shape index (κ3) is 5.75. The second-order valence-corrected chi connectivity index (χ2v) is 6.17. The van der Waals surface area contributed by atoms with E-state index in [-0.39, 0.29) is 24.5 Å². The number of rotatable bonds is 8. The van der Waals surface area contributed by atoms with Crippen molar-refractivity contribution >= 4 is 11.7 Å². The van der Waals surface area contributed by atoms with Crippen molar-refractivity contribution in [3.63, 3.8) is 0 Å². The molecule has 4 nitrogen and oxygen atoms in total. The van der Waals surface area contributed by atoms with Gasteiger partial charge in [0, 0.05) is 24.9 Å². The van der Waals surface area contributed by atoms with Gasteiger partial charge in [0.25, 0.3) is 0 Å². The molecule has 0 saturated heterocycles. The Morgan fingerprint density at radius 1 is 1.00 bits per heavy atom. The molecular weight excluding hydrogens is 314 g/mol. The number of Topliss-reactive ketones (excluding diaryl/α,β-unsaturated/α-hetero) is 1. The zero-order valence-electron chi connectivity index (χ0n) is 15.1. The lowest BCUT2D eigenvalue weighted by Crippen LogP contribution is -2.26. The van der Waals surface area contributed by atoms with E-state index in [2.05, 4.69) is 5.32 Å². The molecule has 0 bridgehead atoms. The number of aryl methyl sites for hydroxylation is 2. The first-order valence-electron chi connectivity index (χ1n) is 8.49. The molecule has 0 aliphatic rings. The second-order valence-electron chi connectivity index (χ2n) is 6.17. The molecule has 0 aliphatic carbocycles. The topological polar surface area (TPSA) is 55.4 Å².